The zero-order valence-corrected chi connectivity index (χ0v) is 12.1. The van der Waals surface area contributed by atoms with Gasteiger partial charge in [-0.15, -0.1) is 0 Å². The maximum atomic E-state index is 6.01. The molecule has 1 fully saturated rings. The molecular weight excluding hydrogens is 252 g/mol. The molecule has 108 valence electrons. The molecule has 1 aliphatic rings. The van der Waals surface area contributed by atoms with Crippen LogP contribution in [-0.4, -0.2) is 30.2 Å². The van der Waals surface area contributed by atoms with Gasteiger partial charge in [0.25, 0.3) is 0 Å². The molecule has 2 atom stereocenters. The first-order chi connectivity index (χ1) is 9.69. The molecule has 0 aliphatic carbocycles. The normalized spacial score (nSPS) is 24.4. The lowest BCUT2D eigenvalue weighted by atomic mass is 10.1. The zero-order valence-electron chi connectivity index (χ0n) is 12.1. The van der Waals surface area contributed by atoms with E-state index in [1.54, 1.807) is 0 Å². The fourth-order valence-electron chi connectivity index (χ4n) is 2.88. The molecule has 2 aromatic rings. The number of hydrogen-bond acceptors (Lipinski definition) is 4. The van der Waals surface area contributed by atoms with E-state index in [1.165, 1.54) is 0 Å². The molecular formula is C16H22N2O2. The third-order valence-corrected chi connectivity index (χ3v) is 4.07. The first-order valence-electron chi connectivity index (χ1n) is 7.24. The smallest absolute Gasteiger partial charge is 0.134 e. The van der Waals surface area contributed by atoms with Crippen molar-refractivity contribution >= 4 is 11.0 Å². The molecule has 3 rings (SSSR count). The van der Waals surface area contributed by atoms with Crippen LogP contribution in [0.1, 0.15) is 25.2 Å². The second kappa shape index (κ2) is 5.56. The number of rotatable bonds is 3. The summed E-state index contributed by atoms with van der Waals surface area (Å²) in [5.41, 5.74) is 7.98. The van der Waals surface area contributed by atoms with E-state index < -0.39 is 0 Å². The van der Waals surface area contributed by atoms with Crippen molar-refractivity contribution in [2.24, 2.45) is 5.73 Å². The minimum atomic E-state index is 0.275. The summed E-state index contributed by atoms with van der Waals surface area (Å²) in [4.78, 5) is 2.41. The van der Waals surface area contributed by atoms with Crippen LogP contribution in [0.5, 0.6) is 0 Å². The van der Waals surface area contributed by atoms with Gasteiger partial charge in [-0.05, 0) is 19.9 Å². The molecule has 20 heavy (non-hydrogen) atoms. The van der Waals surface area contributed by atoms with Crippen molar-refractivity contribution in [3.8, 4) is 0 Å². The van der Waals surface area contributed by atoms with Gasteiger partial charge < -0.3 is 14.9 Å². The molecule has 2 heterocycles. The van der Waals surface area contributed by atoms with Gasteiger partial charge >= 0.3 is 0 Å². The van der Waals surface area contributed by atoms with Crippen molar-refractivity contribution in [3.63, 3.8) is 0 Å². The van der Waals surface area contributed by atoms with Gasteiger partial charge in [-0.2, -0.15) is 0 Å². The Morgan fingerprint density at radius 2 is 2.10 bits per heavy atom. The fraction of sp³-hybridized carbons (Fsp3) is 0.500. The Bertz CT molecular complexity index is 593. The van der Waals surface area contributed by atoms with Crippen LogP contribution in [0.2, 0.25) is 0 Å². The monoisotopic (exact) mass is 274 g/mol. The van der Waals surface area contributed by atoms with Crippen molar-refractivity contribution in [3.05, 3.63) is 35.6 Å². The topological polar surface area (TPSA) is 51.6 Å². The molecule has 1 aliphatic heterocycles. The van der Waals surface area contributed by atoms with Gasteiger partial charge in [0.05, 0.1) is 19.3 Å². The van der Waals surface area contributed by atoms with Crippen LogP contribution in [0.25, 0.3) is 11.0 Å². The van der Waals surface area contributed by atoms with Crippen LogP contribution in [-0.2, 0) is 17.8 Å². The van der Waals surface area contributed by atoms with Gasteiger partial charge in [-0.25, -0.2) is 0 Å². The molecule has 0 spiro atoms. The van der Waals surface area contributed by atoms with Gasteiger partial charge in [0, 0.05) is 30.1 Å². The molecule has 4 heteroatoms. The van der Waals surface area contributed by atoms with E-state index in [0.29, 0.717) is 12.6 Å². The number of furan rings is 1. The summed E-state index contributed by atoms with van der Waals surface area (Å²) in [7, 11) is 0. The third kappa shape index (κ3) is 2.46. The minimum absolute atomic E-state index is 0.275. The minimum Gasteiger partial charge on any atom is -0.459 e. The predicted octanol–water partition coefficient (Wildman–Crippen LogP) is 2.50. The fourth-order valence-corrected chi connectivity index (χ4v) is 2.88. The summed E-state index contributed by atoms with van der Waals surface area (Å²) in [5, 5.41) is 1.14. The summed E-state index contributed by atoms with van der Waals surface area (Å²) in [6, 6.07) is 8.51. The van der Waals surface area contributed by atoms with E-state index in [-0.39, 0.29) is 6.10 Å². The molecule has 2 unspecified atom stereocenters. The van der Waals surface area contributed by atoms with E-state index >= 15 is 0 Å². The van der Waals surface area contributed by atoms with Crippen molar-refractivity contribution < 1.29 is 9.15 Å². The van der Waals surface area contributed by atoms with Crippen molar-refractivity contribution in [2.75, 3.05) is 13.2 Å². The Hall–Kier alpha value is -1.36. The molecule has 1 aromatic heterocycles. The Morgan fingerprint density at radius 1 is 1.30 bits per heavy atom. The summed E-state index contributed by atoms with van der Waals surface area (Å²) >= 11 is 0. The van der Waals surface area contributed by atoms with E-state index in [9.17, 15) is 0 Å². The van der Waals surface area contributed by atoms with Gasteiger partial charge in [0.15, 0.2) is 0 Å². The summed E-state index contributed by atoms with van der Waals surface area (Å²) in [6.07, 6.45) is 0.275. The molecule has 1 aromatic carbocycles. The number of benzene rings is 1. The Kier molecular flexibility index (Phi) is 3.78. The molecule has 0 bridgehead atoms. The van der Waals surface area contributed by atoms with E-state index in [4.69, 9.17) is 14.9 Å². The molecule has 0 amide bonds. The SMILES string of the molecule is CC1CN(Cc2oc3ccccc3c2CN)C(C)CO1. The summed E-state index contributed by atoms with van der Waals surface area (Å²) < 4.78 is 11.7. The van der Waals surface area contributed by atoms with Crippen LogP contribution in [0.3, 0.4) is 0 Å². The zero-order chi connectivity index (χ0) is 14.1. The second-order valence-electron chi connectivity index (χ2n) is 5.63. The van der Waals surface area contributed by atoms with E-state index in [2.05, 4.69) is 24.8 Å². The highest BCUT2D eigenvalue weighted by Crippen LogP contribution is 2.27. The second-order valence-corrected chi connectivity index (χ2v) is 5.63. The first kappa shape index (κ1) is 13.6. The number of ether oxygens (including phenoxy) is 1. The lowest BCUT2D eigenvalue weighted by molar-refractivity contribution is -0.0545. The van der Waals surface area contributed by atoms with Crippen molar-refractivity contribution in [2.45, 2.75) is 39.1 Å². The highest BCUT2D eigenvalue weighted by Gasteiger charge is 2.25. The number of nitrogens with zero attached hydrogens (tertiary/aromatic N) is 1. The van der Waals surface area contributed by atoms with Gasteiger partial charge in [-0.1, -0.05) is 18.2 Å². The number of nitrogens with two attached hydrogens (primary N) is 1. The molecule has 4 nitrogen and oxygen atoms in total. The lowest BCUT2D eigenvalue weighted by Gasteiger charge is -2.36. The average molecular weight is 274 g/mol. The number of fused-ring (bicyclic) bond motifs is 1. The van der Waals surface area contributed by atoms with Crippen LogP contribution in [0.15, 0.2) is 28.7 Å². The van der Waals surface area contributed by atoms with E-state index in [1.807, 2.05) is 18.2 Å². The predicted molar refractivity (Wildman–Crippen MR) is 79.4 cm³/mol. The van der Waals surface area contributed by atoms with Crippen LogP contribution >= 0.6 is 0 Å². The van der Waals surface area contributed by atoms with Crippen LogP contribution in [0, 0.1) is 0 Å². The van der Waals surface area contributed by atoms with Gasteiger partial charge in [-0.3, -0.25) is 4.90 Å². The molecule has 1 saturated heterocycles. The first-order valence-corrected chi connectivity index (χ1v) is 7.24. The highest BCUT2D eigenvalue weighted by atomic mass is 16.5. The lowest BCUT2D eigenvalue weighted by Crippen LogP contribution is -2.46. The molecule has 2 N–H and O–H groups in total. The molecule has 0 radical (unpaired) electrons. The van der Waals surface area contributed by atoms with Crippen molar-refractivity contribution in [1.82, 2.24) is 4.90 Å². The van der Waals surface area contributed by atoms with E-state index in [0.717, 1.165) is 42.0 Å². The molecule has 0 saturated carbocycles. The Morgan fingerprint density at radius 3 is 2.90 bits per heavy atom. The van der Waals surface area contributed by atoms with Gasteiger partial charge in [0.2, 0.25) is 0 Å². The largest absolute Gasteiger partial charge is 0.459 e. The standard InChI is InChI=1S/C16H22N2O2/c1-11-10-19-12(2)8-18(11)9-16-14(7-17)13-5-3-4-6-15(13)20-16/h3-6,11-12H,7-10,17H2,1-2H3. The van der Waals surface area contributed by atoms with Crippen molar-refractivity contribution in [1.29, 1.82) is 0 Å². The maximum Gasteiger partial charge on any atom is 0.134 e. The van der Waals surface area contributed by atoms with Crippen LogP contribution < -0.4 is 5.73 Å². The third-order valence-electron chi connectivity index (χ3n) is 4.07. The average Bonchev–Trinajstić information content (AvgIpc) is 2.80. The quantitative estimate of drug-likeness (QED) is 0.934. The number of morpholine rings is 1. The van der Waals surface area contributed by atoms with Crippen LogP contribution in [0.4, 0.5) is 0 Å². The van der Waals surface area contributed by atoms with Gasteiger partial charge in [0.1, 0.15) is 11.3 Å². The summed E-state index contributed by atoms with van der Waals surface area (Å²) in [5.74, 6) is 0.995. The number of hydrogen-bond donors (Lipinski definition) is 1. The maximum absolute atomic E-state index is 6.01. The summed E-state index contributed by atoms with van der Waals surface area (Å²) in [6.45, 7) is 7.33. The number of para-hydroxylation sites is 1. The Labute approximate surface area is 119 Å². The Balaban J connectivity index is 1.90. The highest BCUT2D eigenvalue weighted by molar-refractivity contribution is 5.82.